The Morgan fingerprint density at radius 1 is 1.28 bits per heavy atom. The van der Waals surface area contributed by atoms with E-state index in [-0.39, 0.29) is 0 Å². The molecule has 0 saturated carbocycles. The summed E-state index contributed by atoms with van der Waals surface area (Å²) in [4.78, 5) is 2.29. The lowest BCUT2D eigenvalue weighted by atomic mass is 10.1. The van der Waals surface area contributed by atoms with Gasteiger partial charge < -0.3 is 19.7 Å². The smallest absolute Gasteiger partial charge is 0.165 e. The summed E-state index contributed by atoms with van der Waals surface area (Å²) in [6.07, 6.45) is 0. The summed E-state index contributed by atoms with van der Waals surface area (Å²) in [5.74, 6) is 1.79. The fourth-order valence-corrected chi connectivity index (χ4v) is 2.08. The van der Waals surface area contributed by atoms with Gasteiger partial charge in [-0.1, -0.05) is 19.1 Å². The number of para-hydroxylation sites is 1. The van der Waals surface area contributed by atoms with Gasteiger partial charge in [0, 0.05) is 25.2 Å². The van der Waals surface area contributed by atoms with E-state index >= 15 is 0 Å². The molecule has 0 aliphatic carbocycles. The Kier molecular flexibility index (Phi) is 4.84. The van der Waals surface area contributed by atoms with Crippen molar-refractivity contribution in [1.29, 1.82) is 0 Å². The lowest BCUT2D eigenvalue weighted by molar-refractivity contribution is 0.167. The summed E-state index contributed by atoms with van der Waals surface area (Å²) in [5.41, 5.74) is 1.20. The summed E-state index contributed by atoms with van der Waals surface area (Å²) in [6, 6.07) is 6.11. The van der Waals surface area contributed by atoms with Crippen LogP contribution in [0.5, 0.6) is 11.5 Å². The number of hydrogen-bond donors (Lipinski definition) is 1. The molecule has 1 aromatic rings. The third-order valence-electron chi connectivity index (χ3n) is 3.01. The van der Waals surface area contributed by atoms with Crippen LogP contribution in [-0.2, 0) is 6.54 Å². The number of rotatable bonds is 6. The minimum atomic E-state index is 0.644. The van der Waals surface area contributed by atoms with Gasteiger partial charge in [-0.2, -0.15) is 0 Å². The average molecular weight is 250 g/mol. The van der Waals surface area contributed by atoms with Crippen molar-refractivity contribution < 1.29 is 9.47 Å². The zero-order valence-electron chi connectivity index (χ0n) is 11.2. The Morgan fingerprint density at radius 3 is 2.94 bits per heavy atom. The summed E-state index contributed by atoms with van der Waals surface area (Å²) >= 11 is 0. The van der Waals surface area contributed by atoms with Crippen LogP contribution in [0.4, 0.5) is 0 Å². The minimum absolute atomic E-state index is 0.644. The molecule has 1 aliphatic rings. The largest absolute Gasteiger partial charge is 0.486 e. The quantitative estimate of drug-likeness (QED) is 0.776. The van der Waals surface area contributed by atoms with Crippen LogP contribution < -0.4 is 14.8 Å². The van der Waals surface area contributed by atoms with E-state index in [4.69, 9.17) is 9.47 Å². The first-order chi connectivity index (χ1) is 8.81. The van der Waals surface area contributed by atoms with Gasteiger partial charge in [0.25, 0.3) is 0 Å². The van der Waals surface area contributed by atoms with Crippen molar-refractivity contribution in [2.75, 3.05) is 39.9 Å². The molecule has 0 saturated heterocycles. The normalized spacial score (nSPS) is 13.9. The molecular formula is C14H22N2O2. The molecule has 0 unspecified atom stereocenters. The highest BCUT2D eigenvalue weighted by atomic mass is 16.6. The number of fused-ring (bicyclic) bond motifs is 1. The van der Waals surface area contributed by atoms with Gasteiger partial charge in [0.2, 0.25) is 0 Å². The molecule has 0 spiro atoms. The zero-order valence-corrected chi connectivity index (χ0v) is 11.2. The number of likely N-dealkylation sites (N-methyl/N-ethyl adjacent to an activating group) is 2. The molecule has 4 nitrogen and oxygen atoms in total. The first-order valence-electron chi connectivity index (χ1n) is 6.58. The lowest BCUT2D eigenvalue weighted by Gasteiger charge is -2.23. The van der Waals surface area contributed by atoms with Crippen molar-refractivity contribution in [2.24, 2.45) is 0 Å². The Balaban J connectivity index is 1.96. The second-order valence-electron chi connectivity index (χ2n) is 4.53. The maximum atomic E-state index is 5.71. The first kappa shape index (κ1) is 13.2. The van der Waals surface area contributed by atoms with Crippen molar-refractivity contribution in [3.05, 3.63) is 23.8 Å². The molecule has 18 heavy (non-hydrogen) atoms. The third-order valence-corrected chi connectivity index (χ3v) is 3.01. The van der Waals surface area contributed by atoms with Gasteiger partial charge in [-0.3, -0.25) is 0 Å². The maximum absolute atomic E-state index is 5.71. The van der Waals surface area contributed by atoms with E-state index < -0.39 is 0 Å². The second kappa shape index (κ2) is 6.61. The van der Waals surface area contributed by atoms with E-state index in [9.17, 15) is 0 Å². The van der Waals surface area contributed by atoms with Crippen LogP contribution in [0.1, 0.15) is 12.5 Å². The van der Waals surface area contributed by atoms with Gasteiger partial charge in [-0.15, -0.1) is 0 Å². The van der Waals surface area contributed by atoms with E-state index in [1.54, 1.807) is 0 Å². The summed E-state index contributed by atoms with van der Waals surface area (Å²) in [7, 11) is 2.13. The molecule has 0 atom stereocenters. The molecular weight excluding hydrogens is 228 g/mol. The molecule has 2 rings (SSSR count). The summed E-state index contributed by atoms with van der Waals surface area (Å²) in [6.45, 7) is 7.36. The van der Waals surface area contributed by atoms with Gasteiger partial charge in [-0.25, -0.2) is 0 Å². The topological polar surface area (TPSA) is 33.7 Å². The Hall–Kier alpha value is -1.26. The van der Waals surface area contributed by atoms with Crippen LogP contribution in [0.2, 0.25) is 0 Å². The molecule has 0 radical (unpaired) electrons. The van der Waals surface area contributed by atoms with Crippen LogP contribution in [0, 0.1) is 0 Å². The van der Waals surface area contributed by atoms with Gasteiger partial charge in [-0.05, 0) is 19.7 Å². The Bertz CT molecular complexity index is 382. The van der Waals surface area contributed by atoms with Crippen LogP contribution in [-0.4, -0.2) is 44.8 Å². The summed E-state index contributed by atoms with van der Waals surface area (Å²) < 4.78 is 11.3. The zero-order chi connectivity index (χ0) is 12.8. The van der Waals surface area contributed by atoms with E-state index in [2.05, 4.69) is 30.3 Å². The van der Waals surface area contributed by atoms with E-state index in [0.29, 0.717) is 13.2 Å². The molecule has 100 valence electrons. The highest BCUT2D eigenvalue weighted by Gasteiger charge is 2.16. The molecule has 0 amide bonds. The SMILES string of the molecule is CCNCCN(C)Cc1cccc2c1OCCO2. The van der Waals surface area contributed by atoms with Crippen LogP contribution in [0.3, 0.4) is 0 Å². The van der Waals surface area contributed by atoms with E-state index in [0.717, 1.165) is 37.7 Å². The first-order valence-corrected chi connectivity index (χ1v) is 6.58. The third kappa shape index (κ3) is 3.37. The van der Waals surface area contributed by atoms with Crippen molar-refractivity contribution in [1.82, 2.24) is 10.2 Å². The predicted octanol–water partition coefficient (Wildman–Crippen LogP) is 1.50. The standard InChI is InChI=1S/C14H22N2O2/c1-3-15-7-8-16(2)11-12-5-4-6-13-14(12)18-10-9-17-13/h4-6,15H,3,7-11H2,1-2H3. The van der Waals surface area contributed by atoms with Gasteiger partial charge in [0.1, 0.15) is 13.2 Å². The van der Waals surface area contributed by atoms with Crippen LogP contribution >= 0.6 is 0 Å². The molecule has 4 heteroatoms. The number of hydrogen-bond acceptors (Lipinski definition) is 4. The number of ether oxygens (including phenoxy) is 2. The highest BCUT2D eigenvalue weighted by molar-refractivity contribution is 5.47. The average Bonchev–Trinajstić information content (AvgIpc) is 2.39. The number of nitrogens with zero attached hydrogens (tertiary/aromatic N) is 1. The summed E-state index contributed by atoms with van der Waals surface area (Å²) in [5, 5.41) is 3.33. The lowest BCUT2D eigenvalue weighted by Crippen LogP contribution is -2.29. The molecule has 0 fully saturated rings. The van der Waals surface area contributed by atoms with Crippen LogP contribution in [0.15, 0.2) is 18.2 Å². The van der Waals surface area contributed by atoms with Crippen molar-refractivity contribution in [2.45, 2.75) is 13.5 Å². The minimum Gasteiger partial charge on any atom is -0.486 e. The van der Waals surface area contributed by atoms with Crippen LogP contribution in [0.25, 0.3) is 0 Å². The molecule has 1 aliphatic heterocycles. The van der Waals surface area contributed by atoms with E-state index in [1.165, 1.54) is 5.56 Å². The Labute approximate surface area is 109 Å². The number of benzene rings is 1. The second-order valence-corrected chi connectivity index (χ2v) is 4.53. The maximum Gasteiger partial charge on any atom is 0.165 e. The van der Waals surface area contributed by atoms with E-state index in [1.807, 2.05) is 12.1 Å². The van der Waals surface area contributed by atoms with Crippen molar-refractivity contribution >= 4 is 0 Å². The highest BCUT2D eigenvalue weighted by Crippen LogP contribution is 2.33. The van der Waals surface area contributed by atoms with Crippen molar-refractivity contribution in [3.63, 3.8) is 0 Å². The molecule has 0 bridgehead atoms. The molecule has 1 heterocycles. The molecule has 0 aromatic heterocycles. The van der Waals surface area contributed by atoms with Gasteiger partial charge in [0.05, 0.1) is 0 Å². The molecule has 1 N–H and O–H groups in total. The van der Waals surface area contributed by atoms with Crippen molar-refractivity contribution in [3.8, 4) is 11.5 Å². The Morgan fingerprint density at radius 2 is 2.11 bits per heavy atom. The predicted molar refractivity (Wildman–Crippen MR) is 72.3 cm³/mol. The monoisotopic (exact) mass is 250 g/mol. The van der Waals surface area contributed by atoms with Gasteiger partial charge >= 0.3 is 0 Å². The fraction of sp³-hybridized carbons (Fsp3) is 0.571. The fourth-order valence-electron chi connectivity index (χ4n) is 2.08. The number of nitrogens with one attached hydrogen (secondary N) is 1. The van der Waals surface area contributed by atoms with Gasteiger partial charge in [0.15, 0.2) is 11.5 Å². The molecule has 1 aromatic carbocycles.